The molecule has 0 bridgehead atoms. The zero-order chi connectivity index (χ0) is 28.1. The molecule has 5 nitrogen and oxygen atoms in total. The number of aryl methyl sites for hydroxylation is 2. The molecule has 0 amide bonds. The predicted octanol–water partition coefficient (Wildman–Crippen LogP) is 7.64. The van der Waals surface area contributed by atoms with Crippen molar-refractivity contribution >= 4 is 73.6 Å². The molecular weight excluding hydrogens is 580 g/mol. The monoisotopic (exact) mass is 609 g/mol. The van der Waals surface area contributed by atoms with Crippen LogP contribution in [0.2, 0.25) is 10.0 Å². The van der Waals surface area contributed by atoms with Crippen LogP contribution in [0.15, 0.2) is 46.6 Å². The van der Waals surface area contributed by atoms with Gasteiger partial charge in [0, 0.05) is 29.6 Å². The average molecular weight is 610 g/mol. The minimum absolute atomic E-state index is 0.735. The number of nitrogens with zero attached hydrogens (tertiary/aromatic N) is 5. The van der Waals surface area contributed by atoms with Gasteiger partial charge in [-0.1, -0.05) is 45.9 Å². The first-order valence-electron chi connectivity index (χ1n) is 12.2. The Balaban J connectivity index is 0.000000732. The van der Waals surface area contributed by atoms with Crippen molar-refractivity contribution in [3.8, 4) is 0 Å². The first-order chi connectivity index (χ1) is 17.9. The number of quaternary nitrogens is 1. The molecule has 0 aliphatic rings. The van der Waals surface area contributed by atoms with Crippen molar-refractivity contribution in [3.05, 3.63) is 56.0 Å². The summed E-state index contributed by atoms with van der Waals surface area (Å²) in [6.45, 7) is 11.8. The van der Waals surface area contributed by atoms with Crippen LogP contribution in [0.3, 0.4) is 0 Å². The van der Waals surface area contributed by atoms with Gasteiger partial charge in [0.15, 0.2) is 0 Å². The molecule has 0 N–H and O–H groups in total. The summed E-state index contributed by atoms with van der Waals surface area (Å²) in [5, 5.41) is 10.9. The van der Waals surface area contributed by atoms with Crippen LogP contribution in [0.5, 0.6) is 0 Å². The Bertz CT molecular complexity index is 1510. The lowest BCUT2D eigenvalue weighted by atomic mass is 10.3. The highest BCUT2D eigenvalue weighted by molar-refractivity contribution is 7.16. The molecule has 2 aromatic carbocycles. The predicted molar refractivity (Wildman–Crippen MR) is 153 cm³/mol. The van der Waals surface area contributed by atoms with Gasteiger partial charge in [-0.2, -0.15) is 0 Å². The van der Waals surface area contributed by atoms with Crippen molar-refractivity contribution < 1.29 is 21.7 Å². The summed E-state index contributed by atoms with van der Waals surface area (Å²) in [5.41, 5.74) is 2.29. The number of benzene rings is 2. The van der Waals surface area contributed by atoms with Crippen LogP contribution in [-0.4, -0.2) is 47.6 Å². The maximum atomic E-state index is 9.75. The molecule has 2 heterocycles. The third kappa shape index (κ3) is 8.08. The van der Waals surface area contributed by atoms with E-state index < -0.39 is 7.25 Å². The zero-order valence-electron chi connectivity index (χ0n) is 21.6. The first-order valence-corrected chi connectivity index (χ1v) is 14.6. The second-order valence-electron chi connectivity index (χ2n) is 8.91. The van der Waals surface area contributed by atoms with Gasteiger partial charge in [0.05, 0.1) is 47.1 Å². The molecule has 4 aromatic rings. The Labute approximate surface area is 237 Å². The molecule has 0 unspecified atom stereocenters. The molecule has 0 aliphatic carbocycles. The molecule has 14 heteroatoms. The van der Waals surface area contributed by atoms with Gasteiger partial charge in [0.25, 0.3) is 0 Å². The summed E-state index contributed by atoms with van der Waals surface area (Å²) < 4.78 is 46.8. The van der Waals surface area contributed by atoms with Crippen LogP contribution >= 0.6 is 45.9 Å². The number of rotatable bonds is 8. The molecule has 0 radical (unpaired) electrons. The smallest absolute Gasteiger partial charge is 0.418 e. The summed E-state index contributed by atoms with van der Waals surface area (Å²) in [6, 6.07) is 12.0. The van der Waals surface area contributed by atoms with Crippen molar-refractivity contribution in [2.45, 2.75) is 40.3 Å². The minimum Gasteiger partial charge on any atom is -0.418 e. The van der Waals surface area contributed by atoms with Crippen molar-refractivity contribution in [1.82, 2.24) is 9.13 Å². The number of hydrogen-bond acceptors (Lipinski definition) is 4. The van der Waals surface area contributed by atoms with Crippen LogP contribution < -0.4 is 9.60 Å². The maximum absolute atomic E-state index is 9.75. The molecule has 4 rings (SSSR count). The standard InChI is InChI=1S/C24H30Cl2N5S2.BF4/c1-5-29-19-11-9-17(25)15-21(19)32-23(29)27-28-24-30(13-8-14-31(4,6-2)7-3)20-12-10-18(26)16-22(20)33-24;2-1(3,4)5/h9-12,15-16H,5-8,13-14H2,1-4H3;/q+1;-1/b27-23-,28-24-;. The van der Waals surface area contributed by atoms with E-state index in [0.29, 0.717) is 0 Å². The van der Waals surface area contributed by atoms with Gasteiger partial charge in [-0.05, 0) is 57.2 Å². The lowest BCUT2D eigenvalue weighted by molar-refractivity contribution is -0.906. The van der Waals surface area contributed by atoms with E-state index in [2.05, 4.69) is 49.1 Å². The van der Waals surface area contributed by atoms with Crippen molar-refractivity contribution in [2.75, 3.05) is 26.7 Å². The molecule has 0 spiro atoms. The Kier molecular flexibility index (Phi) is 10.5. The lowest BCUT2D eigenvalue weighted by Gasteiger charge is -2.32. The second-order valence-corrected chi connectivity index (χ2v) is 11.8. The highest BCUT2D eigenvalue weighted by atomic mass is 35.5. The van der Waals surface area contributed by atoms with Gasteiger partial charge in [-0.3, -0.25) is 0 Å². The number of thiazole rings is 2. The summed E-state index contributed by atoms with van der Waals surface area (Å²) in [4.78, 5) is 1.77. The largest absolute Gasteiger partial charge is 0.673 e. The third-order valence-electron chi connectivity index (χ3n) is 6.43. The number of aromatic nitrogens is 2. The zero-order valence-corrected chi connectivity index (χ0v) is 24.7. The first kappa shape index (κ1) is 30.7. The lowest BCUT2D eigenvalue weighted by Crippen LogP contribution is -2.44. The average Bonchev–Trinajstić information content (AvgIpc) is 3.37. The Morgan fingerprint density at radius 2 is 1.26 bits per heavy atom. The Morgan fingerprint density at radius 1 is 0.816 bits per heavy atom. The van der Waals surface area contributed by atoms with E-state index in [-0.39, 0.29) is 0 Å². The van der Waals surface area contributed by atoms with E-state index in [4.69, 9.17) is 33.4 Å². The van der Waals surface area contributed by atoms with Crippen LogP contribution in [0.4, 0.5) is 17.3 Å². The molecule has 0 fully saturated rings. The molecule has 0 saturated heterocycles. The van der Waals surface area contributed by atoms with Gasteiger partial charge in [-0.15, -0.1) is 10.2 Å². The quantitative estimate of drug-likeness (QED) is 0.0851. The van der Waals surface area contributed by atoms with Crippen LogP contribution in [0, 0.1) is 0 Å². The van der Waals surface area contributed by atoms with Gasteiger partial charge in [0.2, 0.25) is 9.60 Å². The molecule has 0 atom stereocenters. The highest BCUT2D eigenvalue weighted by Gasteiger charge is 2.20. The van der Waals surface area contributed by atoms with E-state index in [1.54, 1.807) is 22.7 Å². The van der Waals surface area contributed by atoms with Crippen LogP contribution in [-0.2, 0) is 13.1 Å². The molecular formula is C24H30BCl2F4N5S2. The fourth-order valence-electron chi connectivity index (χ4n) is 4.00. The Hall–Kier alpha value is -1.86. The van der Waals surface area contributed by atoms with E-state index in [1.165, 1.54) is 0 Å². The summed E-state index contributed by atoms with van der Waals surface area (Å²) >= 11 is 15.7. The van der Waals surface area contributed by atoms with Gasteiger partial charge < -0.3 is 30.9 Å². The SMILES string of the molecule is CCn1/c(=N/N=c2\sc3cc(Cl)ccc3n2CCC[N+](C)(CC)CC)sc2cc(Cl)ccc21.F[B-](F)(F)F. The van der Waals surface area contributed by atoms with Crippen molar-refractivity contribution in [2.24, 2.45) is 10.2 Å². The number of hydrogen-bond donors (Lipinski definition) is 0. The van der Waals surface area contributed by atoms with E-state index in [0.717, 1.165) is 83.7 Å². The van der Waals surface area contributed by atoms with Gasteiger partial charge in [-0.25, -0.2) is 0 Å². The van der Waals surface area contributed by atoms with Crippen LogP contribution in [0.25, 0.3) is 20.4 Å². The van der Waals surface area contributed by atoms with E-state index >= 15 is 0 Å². The van der Waals surface area contributed by atoms with E-state index in [9.17, 15) is 17.3 Å². The topological polar surface area (TPSA) is 34.6 Å². The normalized spacial score (nSPS) is 13.4. The van der Waals surface area contributed by atoms with Crippen LogP contribution in [0.1, 0.15) is 27.2 Å². The molecule has 0 aliphatic heterocycles. The summed E-state index contributed by atoms with van der Waals surface area (Å²) in [7, 11) is -3.67. The van der Waals surface area contributed by atoms with Gasteiger partial charge >= 0.3 is 7.25 Å². The maximum Gasteiger partial charge on any atom is 0.673 e. The van der Waals surface area contributed by atoms with Crippen molar-refractivity contribution in [1.29, 1.82) is 0 Å². The second kappa shape index (κ2) is 13.0. The third-order valence-corrected chi connectivity index (χ3v) is 8.97. The van der Waals surface area contributed by atoms with E-state index in [1.807, 2.05) is 24.3 Å². The summed E-state index contributed by atoms with van der Waals surface area (Å²) in [5.74, 6) is 0. The number of halogens is 6. The molecule has 2 aromatic heterocycles. The highest BCUT2D eigenvalue weighted by Crippen LogP contribution is 2.23. The molecule has 38 heavy (non-hydrogen) atoms. The number of fused-ring (bicyclic) bond motifs is 2. The Morgan fingerprint density at radius 3 is 1.71 bits per heavy atom. The minimum atomic E-state index is -6.00. The molecule has 208 valence electrons. The van der Waals surface area contributed by atoms with Gasteiger partial charge in [0.1, 0.15) is 0 Å². The fraction of sp³-hybridized carbons (Fsp3) is 0.417. The fourth-order valence-corrected chi connectivity index (χ4v) is 6.61. The van der Waals surface area contributed by atoms with Crippen molar-refractivity contribution in [3.63, 3.8) is 0 Å². The summed E-state index contributed by atoms with van der Waals surface area (Å²) in [6.07, 6.45) is 1.08. The molecule has 0 saturated carbocycles.